The second-order valence-corrected chi connectivity index (χ2v) is 11.7. The number of hydrogen-bond donors (Lipinski definition) is 2. The molecular formula is C24H39BrN8. The van der Waals surface area contributed by atoms with Gasteiger partial charge in [0.2, 0.25) is 5.95 Å². The van der Waals surface area contributed by atoms with Gasteiger partial charge in [-0.2, -0.15) is 10.1 Å². The molecule has 2 saturated heterocycles. The van der Waals surface area contributed by atoms with Gasteiger partial charge in [0, 0.05) is 45.1 Å². The van der Waals surface area contributed by atoms with Gasteiger partial charge in [0.15, 0.2) is 0 Å². The fourth-order valence-corrected chi connectivity index (χ4v) is 5.09. The number of halogens is 1. The van der Waals surface area contributed by atoms with Crippen molar-refractivity contribution in [3.05, 3.63) is 22.6 Å². The van der Waals surface area contributed by atoms with E-state index in [1.807, 2.05) is 6.92 Å². The Bertz CT molecular complexity index is 935. The Labute approximate surface area is 206 Å². The molecule has 33 heavy (non-hydrogen) atoms. The fourth-order valence-electron chi connectivity index (χ4n) is 4.76. The van der Waals surface area contributed by atoms with Crippen molar-refractivity contribution in [1.82, 2.24) is 29.5 Å². The molecule has 0 amide bonds. The highest BCUT2D eigenvalue weighted by Gasteiger charge is 2.30. The van der Waals surface area contributed by atoms with Crippen molar-refractivity contribution in [3.8, 4) is 0 Å². The van der Waals surface area contributed by atoms with Crippen LogP contribution in [0.15, 0.2) is 16.9 Å². The third-order valence-electron chi connectivity index (χ3n) is 6.54. The number of likely N-dealkylation sites (tertiary alicyclic amines) is 2. The zero-order chi connectivity index (χ0) is 23.6. The number of hydrogen-bond acceptors (Lipinski definition) is 7. The molecule has 8 nitrogen and oxygen atoms in total. The van der Waals surface area contributed by atoms with Crippen LogP contribution in [0.1, 0.15) is 52.3 Å². The second-order valence-electron chi connectivity index (χ2n) is 10.9. The van der Waals surface area contributed by atoms with Crippen molar-refractivity contribution in [2.75, 3.05) is 56.4 Å². The molecule has 2 fully saturated rings. The molecule has 2 N–H and O–H groups in total. The first-order valence-electron chi connectivity index (χ1n) is 12.2. The summed E-state index contributed by atoms with van der Waals surface area (Å²) in [4.78, 5) is 14.2. The van der Waals surface area contributed by atoms with Crippen molar-refractivity contribution in [3.63, 3.8) is 0 Å². The Morgan fingerprint density at radius 2 is 2.03 bits per heavy atom. The zero-order valence-corrected chi connectivity index (χ0v) is 22.3. The van der Waals surface area contributed by atoms with Gasteiger partial charge in [-0.05, 0) is 60.1 Å². The number of nitrogens with zero attached hydrogens (tertiary/aromatic N) is 6. The first kappa shape index (κ1) is 24.4. The molecule has 2 aliphatic rings. The first-order chi connectivity index (χ1) is 15.7. The van der Waals surface area contributed by atoms with Crippen molar-refractivity contribution < 1.29 is 0 Å². The predicted molar refractivity (Wildman–Crippen MR) is 138 cm³/mol. The van der Waals surface area contributed by atoms with Crippen molar-refractivity contribution in [2.45, 2.75) is 53.5 Å². The molecule has 0 bridgehead atoms. The van der Waals surface area contributed by atoms with Gasteiger partial charge in [0.1, 0.15) is 5.82 Å². The third kappa shape index (κ3) is 6.45. The lowest BCUT2D eigenvalue weighted by molar-refractivity contribution is 0.0858. The molecule has 9 heteroatoms. The highest BCUT2D eigenvalue weighted by molar-refractivity contribution is 9.10. The van der Waals surface area contributed by atoms with Crippen LogP contribution in [-0.2, 0) is 0 Å². The van der Waals surface area contributed by atoms with Gasteiger partial charge in [-0.15, -0.1) is 0 Å². The first-order valence-corrected chi connectivity index (χ1v) is 13.0. The van der Waals surface area contributed by atoms with Gasteiger partial charge in [-0.25, -0.2) is 4.98 Å². The summed E-state index contributed by atoms with van der Waals surface area (Å²) in [5, 5.41) is 11.6. The van der Waals surface area contributed by atoms with Gasteiger partial charge in [0.05, 0.1) is 21.9 Å². The summed E-state index contributed by atoms with van der Waals surface area (Å²) in [5.41, 5.74) is 2.39. The molecule has 2 aromatic rings. The number of aromatic nitrogens is 4. The fraction of sp³-hybridized carbons (Fsp3) is 0.708. The average molecular weight is 520 g/mol. The number of rotatable bonds is 10. The third-order valence-corrected chi connectivity index (χ3v) is 7.12. The highest BCUT2D eigenvalue weighted by Crippen LogP contribution is 2.29. The lowest BCUT2D eigenvalue weighted by Gasteiger charge is -2.40. The van der Waals surface area contributed by atoms with Crippen LogP contribution in [0.2, 0.25) is 0 Å². The lowest BCUT2D eigenvalue weighted by Crippen LogP contribution is -2.49. The second kappa shape index (κ2) is 10.3. The number of anilines is 3. The van der Waals surface area contributed by atoms with Crippen molar-refractivity contribution in [1.29, 1.82) is 0 Å². The van der Waals surface area contributed by atoms with E-state index in [4.69, 9.17) is 10.1 Å². The van der Waals surface area contributed by atoms with E-state index in [-0.39, 0.29) is 0 Å². The van der Waals surface area contributed by atoms with Crippen LogP contribution in [0.3, 0.4) is 0 Å². The minimum atomic E-state index is 0.447. The van der Waals surface area contributed by atoms with E-state index in [1.165, 1.54) is 19.5 Å². The molecule has 2 aliphatic heterocycles. The number of nitrogens with one attached hydrogen (secondary N) is 2. The monoisotopic (exact) mass is 518 g/mol. The summed E-state index contributed by atoms with van der Waals surface area (Å²) < 4.78 is 2.97. The normalized spacial score (nSPS) is 19.2. The number of aryl methyl sites for hydroxylation is 1. The van der Waals surface area contributed by atoms with E-state index in [0.717, 1.165) is 60.8 Å². The van der Waals surface area contributed by atoms with Crippen molar-refractivity contribution >= 4 is 33.4 Å². The van der Waals surface area contributed by atoms with E-state index in [0.29, 0.717) is 23.3 Å². The molecule has 0 aliphatic carbocycles. The average Bonchev–Trinajstić information content (AvgIpc) is 3.25. The summed E-state index contributed by atoms with van der Waals surface area (Å²) >= 11 is 3.58. The van der Waals surface area contributed by atoms with E-state index < -0.39 is 0 Å². The minimum Gasteiger partial charge on any atom is -0.369 e. The topological polar surface area (TPSA) is 74.1 Å². The zero-order valence-electron chi connectivity index (χ0n) is 20.7. The molecule has 182 valence electrons. The van der Waals surface area contributed by atoms with Gasteiger partial charge < -0.3 is 15.5 Å². The van der Waals surface area contributed by atoms with E-state index in [2.05, 4.69) is 79.9 Å². The van der Waals surface area contributed by atoms with Crippen LogP contribution in [0.5, 0.6) is 0 Å². The maximum Gasteiger partial charge on any atom is 0.229 e. The smallest absolute Gasteiger partial charge is 0.229 e. The molecule has 2 aromatic heterocycles. The van der Waals surface area contributed by atoms with E-state index in [1.54, 1.807) is 6.20 Å². The van der Waals surface area contributed by atoms with Crippen LogP contribution < -0.4 is 10.6 Å². The molecule has 4 heterocycles. The maximum absolute atomic E-state index is 4.73. The summed E-state index contributed by atoms with van der Waals surface area (Å²) in [6.07, 6.45) is 6.27. The van der Waals surface area contributed by atoms with Crippen LogP contribution in [-0.4, -0.2) is 75.4 Å². The SMILES string of the molecule is Cc1nn(C2CN(CC(C)C)C2)cc1Nc1ncc(Br)c(NCCCN2CCC(C)(C)C2)n1. The molecule has 0 atom stereocenters. The highest BCUT2D eigenvalue weighted by atomic mass is 79.9. The summed E-state index contributed by atoms with van der Waals surface area (Å²) in [6.45, 7) is 19.0. The Hall–Kier alpha value is -1.71. The Morgan fingerprint density at radius 3 is 2.73 bits per heavy atom. The van der Waals surface area contributed by atoms with Crippen LogP contribution >= 0.6 is 15.9 Å². The van der Waals surface area contributed by atoms with E-state index in [9.17, 15) is 0 Å². The van der Waals surface area contributed by atoms with Crippen LogP contribution in [0.4, 0.5) is 17.5 Å². The Kier molecular flexibility index (Phi) is 7.60. The lowest BCUT2D eigenvalue weighted by atomic mass is 9.93. The van der Waals surface area contributed by atoms with Crippen LogP contribution in [0.25, 0.3) is 0 Å². The molecule has 0 unspecified atom stereocenters. The van der Waals surface area contributed by atoms with Gasteiger partial charge in [-0.1, -0.05) is 27.7 Å². The molecule has 0 saturated carbocycles. The van der Waals surface area contributed by atoms with Gasteiger partial charge in [0.25, 0.3) is 0 Å². The van der Waals surface area contributed by atoms with Gasteiger partial charge >= 0.3 is 0 Å². The standard InChI is InChI=1S/C24H39BrN8/c1-17(2)12-32-13-19(14-32)33-15-21(18(3)30-33)28-23-27-11-20(25)22(29-23)26-8-6-9-31-10-7-24(4,5)16-31/h11,15,17,19H,6-10,12-14,16H2,1-5H3,(H2,26,27,28,29). The summed E-state index contributed by atoms with van der Waals surface area (Å²) in [7, 11) is 0. The maximum atomic E-state index is 4.73. The van der Waals surface area contributed by atoms with Crippen LogP contribution in [0, 0.1) is 18.3 Å². The largest absolute Gasteiger partial charge is 0.369 e. The van der Waals surface area contributed by atoms with Crippen molar-refractivity contribution in [2.24, 2.45) is 11.3 Å². The molecular weight excluding hydrogens is 480 g/mol. The summed E-state index contributed by atoms with van der Waals surface area (Å²) in [6, 6.07) is 0.447. The predicted octanol–water partition coefficient (Wildman–Crippen LogP) is 4.53. The minimum absolute atomic E-state index is 0.447. The molecule has 4 rings (SSSR count). The Balaban J connectivity index is 1.29. The molecule has 0 aromatic carbocycles. The van der Waals surface area contributed by atoms with E-state index >= 15 is 0 Å². The molecule has 0 radical (unpaired) electrons. The Morgan fingerprint density at radius 1 is 1.24 bits per heavy atom. The summed E-state index contributed by atoms with van der Waals surface area (Å²) in [5.74, 6) is 2.11. The quantitative estimate of drug-likeness (QED) is 0.447. The molecule has 0 spiro atoms. The van der Waals surface area contributed by atoms with Gasteiger partial charge in [-0.3, -0.25) is 9.58 Å².